The van der Waals surface area contributed by atoms with Crippen molar-refractivity contribution in [1.82, 2.24) is 4.90 Å². The first-order valence-electron chi connectivity index (χ1n) is 9.07. The molecular weight excluding hydrogens is 272 g/mol. The summed E-state index contributed by atoms with van der Waals surface area (Å²) < 4.78 is 0. The van der Waals surface area contributed by atoms with Crippen molar-refractivity contribution in [3.63, 3.8) is 0 Å². The molecule has 0 radical (unpaired) electrons. The lowest BCUT2D eigenvalue weighted by atomic mass is 9.68. The van der Waals surface area contributed by atoms with Crippen LogP contribution in [0.15, 0.2) is 24.3 Å². The number of para-hydroxylation sites is 1. The summed E-state index contributed by atoms with van der Waals surface area (Å²) in [5.74, 6) is 2.29. The lowest BCUT2D eigenvalue weighted by Gasteiger charge is -2.52. The molecule has 3 nitrogen and oxygen atoms in total. The lowest BCUT2D eigenvalue weighted by molar-refractivity contribution is -0.0246. The van der Waals surface area contributed by atoms with E-state index in [1.165, 1.54) is 38.0 Å². The molecule has 4 aliphatic rings. The van der Waals surface area contributed by atoms with E-state index in [-0.39, 0.29) is 6.10 Å². The Morgan fingerprint density at radius 1 is 1.05 bits per heavy atom. The molecule has 3 aliphatic heterocycles. The number of aliphatic hydroxyl groups excluding tert-OH is 1. The van der Waals surface area contributed by atoms with Gasteiger partial charge in [0, 0.05) is 30.2 Å². The second kappa shape index (κ2) is 4.97. The van der Waals surface area contributed by atoms with Gasteiger partial charge in [-0.05, 0) is 62.1 Å². The van der Waals surface area contributed by atoms with Crippen molar-refractivity contribution >= 4 is 5.69 Å². The van der Waals surface area contributed by atoms with Gasteiger partial charge in [0.2, 0.25) is 0 Å². The van der Waals surface area contributed by atoms with Crippen LogP contribution in [0, 0.1) is 11.8 Å². The van der Waals surface area contributed by atoms with E-state index < -0.39 is 0 Å². The third-order valence-electron chi connectivity index (χ3n) is 6.85. The maximum atomic E-state index is 9.98. The SMILES string of the molecule is OC1CCC2CC3C4Nc5ccccc5C4CCN3CC2C1. The Bertz CT molecular complexity index is 574. The van der Waals surface area contributed by atoms with E-state index in [1.807, 2.05) is 0 Å². The number of nitrogens with one attached hydrogen (secondary N) is 1. The molecule has 6 unspecified atom stereocenters. The molecule has 22 heavy (non-hydrogen) atoms. The molecule has 0 amide bonds. The summed E-state index contributed by atoms with van der Waals surface area (Å²) in [5, 5.41) is 13.8. The van der Waals surface area contributed by atoms with Crippen LogP contribution in [0.1, 0.15) is 43.6 Å². The van der Waals surface area contributed by atoms with Gasteiger partial charge in [-0.3, -0.25) is 4.90 Å². The fourth-order valence-electron chi connectivity index (χ4n) is 5.79. The molecule has 5 rings (SSSR count). The highest BCUT2D eigenvalue weighted by molar-refractivity contribution is 5.60. The second-order valence-electron chi connectivity index (χ2n) is 7.94. The Morgan fingerprint density at radius 3 is 2.91 bits per heavy atom. The molecule has 118 valence electrons. The summed E-state index contributed by atoms with van der Waals surface area (Å²) >= 11 is 0. The van der Waals surface area contributed by atoms with Crippen molar-refractivity contribution < 1.29 is 5.11 Å². The van der Waals surface area contributed by atoms with Crippen LogP contribution in [0.4, 0.5) is 5.69 Å². The van der Waals surface area contributed by atoms with Crippen molar-refractivity contribution in [3.05, 3.63) is 29.8 Å². The summed E-state index contributed by atoms with van der Waals surface area (Å²) in [5.41, 5.74) is 2.92. The number of anilines is 1. The number of nitrogens with zero attached hydrogens (tertiary/aromatic N) is 1. The standard InChI is InChI=1S/C19H26N2O/c22-14-6-5-12-10-18-19-16(7-8-21(18)11-13(12)9-14)15-3-1-2-4-17(15)20-19/h1-4,12-14,16,18-20,22H,5-11H2. The molecule has 1 saturated carbocycles. The van der Waals surface area contributed by atoms with Crippen LogP contribution in [0.25, 0.3) is 0 Å². The van der Waals surface area contributed by atoms with E-state index in [0.717, 1.165) is 24.7 Å². The summed E-state index contributed by atoms with van der Waals surface area (Å²) in [4.78, 5) is 2.74. The maximum absolute atomic E-state index is 9.98. The summed E-state index contributed by atoms with van der Waals surface area (Å²) in [6, 6.07) is 10.2. The fourth-order valence-corrected chi connectivity index (χ4v) is 5.79. The van der Waals surface area contributed by atoms with Gasteiger partial charge in [0.1, 0.15) is 0 Å². The van der Waals surface area contributed by atoms with Gasteiger partial charge in [0.25, 0.3) is 0 Å². The monoisotopic (exact) mass is 298 g/mol. The molecule has 1 aliphatic carbocycles. The van der Waals surface area contributed by atoms with E-state index in [0.29, 0.717) is 18.0 Å². The average Bonchev–Trinajstić information content (AvgIpc) is 2.92. The van der Waals surface area contributed by atoms with Gasteiger partial charge in [-0.1, -0.05) is 18.2 Å². The number of hydrogen-bond acceptors (Lipinski definition) is 3. The van der Waals surface area contributed by atoms with E-state index in [4.69, 9.17) is 0 Å². The highest BCUT2D eigenvalue weighted by Crippen LogP contribution is 2.48. The Balaban J connectivity index is 1.40. The van der Waals surface area contributed by atoms with Gasteiger partial charge < -0.3 is 10.4 Å². The van der Waals surface area contributed by atoms with Crippen LogP contribution in [0.3, 0.4) is 0 Å². The topological polar surface area (TPSA) is 35.5 Å². The minimum Gasteiger partial charge on any atom is -0.393 e. The predicted octanol–water partition coefficient (Wildman–Crippen LogP) is 2.82. The van der Waals surface area contributed by atoms with Crippen molar-refractivity contribution in [1.29, 1.82) is 0 Å². The normalized spacial score (nSPS) is 43.5. The van der Waals surface area contributed by atoms with E-state index in [1.54, 1.807) is 5.56 Å². The quantitative estimate of drug-likeness (QED) is 0.773. The van der Waals surface area contributed by atoms with Gasteiger partial charge in [-0.2, -0.15) is 0 Å². The first-order chi connectivity index (χ1) is 10.8. The molecule has 3 heteroatoms. The van der Waals surface area contributed by atoms with E-state index >= 15 is 0 Å². The first kappa shape index (κ1) is 13.4. The Labute approximate surface area is 132 Å². The average molecular weight is 298 g/mol. The van der Waals surface area contributed by atoms with Crippen molar-refractivity contribution in [2.45, 2.75) is 56.2 Å². The number of fused-ring (bicyclic) bond motifs is 6. The smallest absolute Gasteiger partial charge is 0.0543 e. The predicted molar refractivity (Wildman–Crippen MR) is 88.0 cm³/mol. The molecule has 3 fully saturated rings. The third-order valence-corrected chi connectivity index (χ3v) is 6.85. The number of benzene rings is 1. The van der Waals surface area contributed by atoms with Crippen LogP contribution in [0.2, 0.25) is 0 Å². The molecular formula is C19H26N2O. The molecule has 2 N–H and O–H groups in total. The van der Waals surface area contributed by atoms with Crippen LogP contribution >= 0.6 is 0 Å². The third kappa shape index (κ3) is 1.95. The van der Waals surface area contributed by atoms with E-state index in [2.05, 4.69) is 34.5 Å². The molecule has 0 aromatic heterocycles. The maximum Gasteiger partial charge on any atom is 0.0543 e. The molecule has 0 bridgehead atoms. The minimum absolute atomic E-state index is 0.0378. The summed E-state index contributed by atoms with van der Waals surface area (Å²) in [6.07, 6.45) is 5.88. The highest BCUT2D eigenvalue weighted by atomic mass is 16.3. The largest absolute Gasteiger partial charge is 0.393 e. The molecule has 1 aromatic carbocycles. The molecule has 0 spiro atoms. The van der Waals surface area contributed by atoms with Crippen LogP contribution in [0.5, 0.6) is 0 Å². The lowest BCUT2D eigenvalue weighted by Crippen LogP contribution is -2.59. The zero-order valence-corrected chi connectivity index (χ0v) is 13.1. The zero-order valence-electron chi connectivity index (χ0n) is 13.1. The van der Waals surface area contributed by atoms with Gasteiger partial charge in [-0.25, -0.2) is 0 Å². The summed E-state index contributed by atoms with van der Waals surface area (Å²) in [7, 11) is 0. The molecule has 2 saturated heterocycles. The van der Waals surface area contributed by atoms with Gasteiger partial charge in [-0.15, -0.1) is 0 Å². The Kier molecular flexibility index (Phi) is 3.02. The zero-order chi connectivity index (χ0) is 14.7. The highest BCUT2D eigenvalue weighted by Gasteiger charge is 2.48. The minimum atomic E-state index is -0.0378. The van der Waals surface area contributed by atoms with Crippen LogP contribution in [-0.4, -0.2) is 41.3 Å². The molecule has 6 atom stereocenters. The number of rotatable bonds is 0. The Hall–Kier alpha value is -1.06. The van der Waals surface area contributed by atoms with Gasteiger partial charge in [0.05, 0.1) is 6.10 Å². The van der Waals surface area contributed by atoms with Crippen LogP contribution in [-0.2, 0) is 0 Å². The van der Waals surface area contributed by atoms with Crippen molar-refractivity contribution in [2.24, 2.45) is 11.8 Å². The molecule has 1 aromatic rings. The second-order valence-corrected chi connectivity index (χ2v) is 7.94. The Morgan fingerprint density at radius 2 is 1.95 bits per heavy atom. The number of hydrogen-bond donors (Lipinski definition) is 2. The first-order valence-corrected chi connectivity index (χ1v) is 9.07. The van der Waals surface area contributed by atoms with Crippen molar-refractivity contribution in [3.8, 4) is 0 Å². The molecule has 3 heterocycles. The number of piperidine rings is 2. The van der Waals surface area contributed by atoms with Gasteiger partial charge >= 0.3 is 0 Å². The fraction of sp³-hybridized carbons (Fsp3) is 0.684. The van der Waals surface area contributed by atoms with Crippen LogP contribution < -0.4 is 5.32 Å². The number of aliphatic hydroxyl groups is 1. The van der Waals surface area contributed by atoms with E-state index in [9.17, 15) is 5.11 Å². The summed E-state index contributed by atoms with van der Waals surface area (Å²) in [6.45, 7) is 2.45. The van der Waals surface area contributed by atoms with Gasteiger partial charge in [0.15, 0.2) is 0 Å². The van der Waals surface area contributed by atoms with Crippen molar-refractivity contribution in [2.75, 3.05) is 18.4 Å².